The molecule has 2 rings (SSSR count). The molecule has 3 nitrogen and oxygen atoms in total. The molecule has 1 unspecified atom stereocenters. The summed E-state index contributed by atoms with van der Waals surface area (Å²) in [5.41, 5.74) is 1.66. The van der Waals surface area contributed by atoms with E-state index in [0.29, 0.717) is 0 Å². The molecule has 0 amide bonds. The first-order valence-electron chi connectivity index (χ1n) is 4.80. The highest BCUT2D eigenvalue weighted by atomic mass is 31.0. The van der Waals surface area contributed by atoms with Crippen LogP contribution in [0.4, 0.5) is 0 Å². The van der Waals surface area contributed by atoms with Crippen molar-refractivity contribution in [1.29, 1.82) is 0 Å². The van der Waals surface area contributed by atoms with Gasteiger partial charge < -0.3 is 10.2 Å². The smallest absolute Gasteiger partial charge is 0.203 e. The Morgan fingerprint density at radius 2 is 1.62 bits per heavy atom. The first-order chi connectivity index (χ1) is 7.62. The predicted molar refractivity (Wildman–Crippen MR) is 64.8 cm³/mol. The average molecular weight is 234 g/mol. The summed E-state index contributed by atoms with van der Waals surface area (Å²) in [4.78, 5) is 0. The van der Waals surface area contributed by atoms with Gasteiger partial charge in [-0.15, -0.1) is 0 Å². The largest absolute Gasteiger partial charge is 0.359 e. The van der Waals surface area contributed by atoms with Gasteiger partial charge in [0.25, 0.3) is 0 Å². The van der Waals surface area contributed by atoms with Crippen molar-refractivity contribution in [2.45, 2.75) is 5.79 Å². The molecule has 2 N–H and O–H groups in total. The summed E-state index contributed by atoms with van der Waals surface area (Å²) in [6.07, 6.45) is 13.1. The van der Waals surface area contributed by atoms with E-state index in [4.69, 9.17) is 0 Å². The molecular formula is C12H11O3P. The molecule has 0 heterocycles. The summed E-state index contributed by atoms with van der Waals surface area (Å²) in [5.74, 6) is -1.88. The van der Waals surface area contributed by atoms with Crippen LogP contribution in [-0.4, -0.2) is 21.3 Å². The minimum absolute atomic E-state index is 0.524. The fourth-order valence-corrected chi connectivity index (χ4v) is 2.04. The van der Waals surface area contributed by atoms with E-state index in [1.165, 1.54) is 12.2 Å². The van der Waals surface area contributed by atoms with Gasteiger partial charge in [0.05, 0.1) is 8.08 Å². The maximum atomic E-state index is 11.0. The Kier molecular flexibility index (Phi) is 2.92. The molecule has 0 aliphatic heterocycles. The van der Waals surface area contributed by atoms with E-state index in [1.54, 1.807) is 18.2 Å². The molecule has 1 atom stereocenters. The van der Waals surface area contributed by atoms with Gasteiger partial charge in [-0.25, -0.2) is 0 Å². The number of rotatable bonds is 0. The molecule has 0 fully saturated rings. The quantitative estimate of drug-likeness (QED) is 0.492. The average Bonchev–Trinajstić information content (AvgIpc) is 2.29. The number of aliphatic hydroxyl groups is 2. The lowest BCUT2D eigenvalue weighted by Gasteiger charge is -2.17. The third-order valence-corrected chi connectivity index (χ3v) is 3.02. The van der Waals surface area contributed by atoms with E-state index in [-0.39, 0.29) is 0 Å². The molecule has 2 aliphatic carbocycles. The topological polar surface area (TPSA) is 57.5 Å². The normalized spacial score (nSPS) is 22.2. The Labute approximate surface area is 94.3 Å². The van der Waals surface area contributed by atoms with Crippen LogP contribution in [0.15, 0.2) is 59.8 Å². The maximum absolute atomic E-state index is 11.0. The Balaban J connectivity index is 2.45. The molecule has 0 saturated carbocycles. The van der Waals surface area contributed by atoms with Crippen molar-refractivity contribution in [2.24, 2.45) is 0 Å². The van der Waals surface area contributed by atoms with Gasteiger partial charge in [-0.05, 0) is 29.4 Å². The van der Waals surface area contributed by atoms with Gasteiger partial charge in [0, 0.05) is 5.29 Å². The SMILES string of the molecule is O=[PH]=C1C=CC=CC1=C1C=CC(O)(O)C=C1. The van der Waals surface area contributed by atoms with Crippen molar-refractivity contribution in [3.05, 3.63) is 59.8 Å². The van der Waals surface area contributed by atoms with Crippen LogP contribution in [0.2, 0.25) is 0 Å². The van der Waals surface area contributed by atoms with E-state index in [2.05, 4.69) is 0 Å². The lowest BCUT2D eigenvalue weighted by molar-refractivity contribution is -0.0747. The summed E-state index contributed by atoms with van der Waals surface area (Å²) in [7, 11) is -0.524. The highest BCUT2D eigenvalue weighted by Crippen LogP contribution is 2.22. The minimum Gasteiger partial charge on any atom is -0.359 e. The Bertz CT molecular complexity index is 494. The third-order valence-electron chi connectivity index (χ3n) is 2.36. The number of allylic oxidation sites excluding steroid dienone is 8. The van der Waals surface area contributed by atoms with E-state index < -0.39 is 13.9 Å². The number of hydrogen-bond acceptors (Lipinski definition) is 3. The molecule has 0 aromatic rings. The zero-order valence-electron chi connectivity index (χ0n) is 8.42. The highest BCUT2D eigenvalue weighted by molar-refractivity contribution is 7.29. The maximum Gasteiger partial charge on any atom is 0.203 e. The van der Waals surface area contributed by atoms with E-state index in [1.807, 2.05) is 18.2 Å². The van der Waals surface area contributed by atoms with E-state index >= 15 is 0 Å². The van der Waals surface area contributed by atoms with E-state index in [0.717, 1.165) is 16.4 Å². The van der Waals surface area contributed by atoms with Crippen LogP contribution >= 0.6 is 8.08 Å². The number of hydrogen-bond donors (Lipinski definition) is 2. The minimum atomic E-state index is -1.88. The Morgan fingerprint density at radius 3 is 2.25 bits per heavy atom. The van der Waals surface area contributed by atoms with Crippen LogP contribution in [0, 0.1) is 0 Å². The van der Waals surface area contributed by atoms with Crippen LogP contribution in [0.25, 0.3) is 0 Å². The van der Waals surface area contributed by atoms with Gasteiger partial charge in [-0.3, -0.25) is 4.57 Å². The Hall–Kier alpha value is -1.41. The molecular weight excluding hydrogens is 223 g/mol. The van der Waals surface area contributed by atoms with Gasteiger partial charge >= 0.3 is 0 Å². The van der Waals surface area contributed by atoms with Crippen molar-refractivity contribution >= 4 is 13.4 Å². The van der Waals surface area contributed by atoms with Crippen molar-refractivity contribution < 1.29 is 14.8 Å². The molecule has 2 aliphatic rings. The van der Waals surface area contributed by atoms with Gasteiger partial charge in [0.15, 0.2) is 0 Å². The molecule has 0 bridgehead atoms. The van der Waals surface area contributed by atoms with Crippen LogP contribution < -0.4 is 0 Å². The second-order valence-corrected chi connectivity index (χ2v) is 4.30. The van der Waals surface area contributed by atoms with Crippen LogP contribution in [0.3, 0.4) is 0 Å². The monoisotopic (exact) mass is 234 g/mol. The molecule has 16 heavy (non-hydrogen) atoms. The fraction of sp³-hybridized carbons (Fsp3) is 0.0833. The van der Waals surface area contributed by atoms with Crippen molar-refractivity contribution in [2.75, 3.05) is 0 Å². The lowest BCUT2D eigenvalue weighted by atomic mass is 9.96. The summed E-state index contributed by atoms with van der Waals surface area (Å²) >= 11 is 0. The van der Waals surface area contributed by atoms with Crippen LogP contribution in [0.1, 0.15) is 0 Å². The first-order valence-corrected chi connectivity index (χ1v) is 5.71. The van der Waals surface area contributed by atoms with Crippen molar-refractivity contribution in [3.63, 3.8) is 0 Å². The van der Waals surface area contributed by atoms with Gasteiger partial charge in [0.1, 0.15) is 0 Å². The van der Waals surface area contributed by atoms with Gasteiger partial charge in [-0.1, -0.05) is 30.4 Å². The zero-order valence-corrected chi connectivity index (χ0v) is 9.42. The summed E-state index contributed by atoms with van der Waals surface area (Å²) in [6.45, 7) is 0. The molecule has 0 aromatic carbocycles. The second-order valence-electron chi connectivity index (χ2n) is 3.55. The summed E-state index contributed by atoms with van der Waals surface area (Å²) in [6, 6.07) is 0. The lowest BCUT2D eigenvalue weighted by Crippen LogP contribution is -2.23. The molecule has 0 saturated heterocycles. The van der Waals surface area contributed by atoms with Crippen LogP contribution in [-0.2, 0) is 4.57 Å². The van der Waals surface area contributed by atoms with Crippen molar-refractivity contribution in [1.82, 2.24) is 0 Å². The molecule has 82 valence electrons. The first kappa shape index (κ1) is 11.1. The molecule has 0 radical (unpaired) electrons. The zero-order chi connectivity index (χ0) is 11.6. The summed E-state index contributed by atoms with van der Waals surface area (Å²) < 4.78 is 11.0. The highest BCUT2D eigenvalue weighted by Gasteiger charge is 2.18. The Morgan fingerprint density at radius 1 is 1.00 bits per heavy atom. The predicted octanol–water partition coefficient (Wildman–Crippen LogP) is 1.41. The van der Waals surface area contributed by atoms with Gasteiger partial charge in [0.2, 0.25) is 5.79 Å². The third kappa shape index (κ3) is 2.22. The molecule has 0 spiro atoms. The molecule has 4 heteroatoms. The fourth-order valence-electron chi connectivity index (χ4n) is 1.54. The van der Waals surface area contributed by atoms with Crippen LogP contribution in [0.5, 0.6) is 0 Å². The molecule has 0 aromatic heterocycles. The van der Waals surface area contributed by atoms with Crippen molar-refractivity contribution in [3.8, 4) is 0 Å². The standard InChI is InChI=1S/C12H11O3P/c13-12(14)7-5-9(6-8-12)10-3-1-2-4-11(10)16-15/h1-8,13-14,16H. The summed E-state index contributed by atoms with van der Waals surface area (Å²) in [5, 5.41) is 19.3. The van der Waals surface area contributed by atoms with Gasteiger partial charge in [-0.2, -0.15) is 0 Å². The van der Waals surface area contributed by atoms with E-state index in [9.17, 15) is 14.8 Å². The second kappa shape index (κ2) is 4.22.